The summed E-state index contributed by atoms with van der Waals surface area (Å²) in [5.74, 6) is -2.13. The molecular weight excluding hydrogens is 1080 g/mol. The Morgan fingerprint density at radius 2 is 1.69 bits per heavy atom. The summed E-state index contributed by atoms with van der Waals surface area (Å²) in [6, 6.07) is 21.7. The van der Waals surface area contributed by atoms with Crippen LogP contribution in [-0.2, 0) is 24.3 Å². The first-order valence-corrected chi connectivity index (χ1v) is 26.0. The summed E-state index contributed by atoms with van der Waals surface area (Å²) in [6.07, 6.45) is 3.22. The average molecular weight is 1130 g/mol. The second kappa shape index (κ2) is 23.7. The van der Waals surface area contributed by atoms with Crippen molar-refractivity contribution in [3.8, 4) is 16.9 Å². The molecular formula is C51H50BrClF2N12O7S. The molecule has 1 saturated heterocycles. The van der Waals surface area contributed by atoms with Gasteiger partial charge < -0.3 is 46.2 Å². The molecule has 1 aliphatic rings. The van der Waals surface area contributed by atoms with E-state index in [2.05, 4.69) is 58.1 Å². The molecule has 19 nitrogen and oxygen atoms in total. The van der Waals surface area contributed by atoms with E-state index in [9.17, 15) is 32.3 Å². The summed E-state index contributed by atoms with van der Waals surface area (Å²) in [6.45, 7) is 5.90. The summed E-state index contributed by atoms with van der Waals surface area (Å²) in [7, 11) is -2.25. The number of phenols is 1. The van der Waals surface area contributed by atoms with Crippen molar-refractivity contribution in [3.05, 3.63) is 130 Å². The molecule has 0 aliphatic carbocycles. The van der Waals surface area contributed by atoms with Crippen LogP contribution in [0.1, 0.15) is 23.2 Å². The second-order valence-corrected chi connectivity index (χ2v) is 20.1. The zero-order chi connectivity index (χ0) is 53.4. The number of phenolic OH excluding ortho intramolecular Hbond substituents is 1. The largest absolute Gasteiger partial charge is 0.508 e. The van der Waals surface area contributed by atoms with E-state index in [1.165, 1.54) is 54.7 Å². The predicted octanol–water partition coefficient (Wildman–Crippen LogP) is 7.71. The van der Waals surface area contributed by atoms with Gasteiger partial charge in [0.25, 0.3) is 5.91 Å². The van der Waals surface area contributed by atoms with Crippen LogP contribution in [0.2, 0.25) is 5.02 Å². The molecule has 0 radical (unpaired) electrons. The number of amides is 3. The fraction of sp³-hybridized carbons (Fsp3) is 0.235. The summed E-state index contributed by atoms with van der Waals surface area (Å²) >= 11 is 10.2. The number of fused-ring (bicyclic) bond motifs is 2. The molecule has 0 bridgehead atoms. The van der Waals surface area contributed by atoms with Crippen LogP contribution >= 0.6 is 27.5 Å². The number of benzene rings is 5. The first-order chi connectivity index (χ1) is 36.0. The highest BCUT2D eigenvalue weighted by molar-refractivity contribution is 9.10. The lowest BCUT2D eigenvalue weighted by Crippen LogP contribution is -2.48. The molecule has 3 amide bonds. The lowest BCUT2D eigenvalue weighted by Gasteiger charge is -2.35. The van der Waals surface area contributed by atoms with Crippen LogP contribution in [0.15, 0.2) is 113 Å². The zero-order valence-corrected chi connectivity index (χ0v) is 43.4. The maximum Gasteiger partial charge on any atom is 0.253 e. The molecule has 0 saturated carbocycles. The van der Waals surface area contributed by atoms with Gasteiger partial charge in [-0.3, -0.25) is 14.4 Å². The number of nitrogens with one attached hydrogen (secondary N) is 4. The summed E-state index contributed by atoms with van der Waals surface area (Å²) < 4.78 is 65.9. The van der Waals surface area contributed by atoms with Gasteiger partial charge in [-0.2, -0.15) is 9.97 Å². The van der Waals surface area contributed by atoms with Crippen LogP contribution in [-0.4, -0.2) is 127 Å². The molecule has 8 rings (SSSR count). The topological polar surface area (TPSA) is 250 Å². The number of nitrogens with two attached hydrogens (primary N) is 1. The number of anilines is 6. The molecule has 75 heavy (non-hydrogen) atoms. The minimum atomic E-state index is -3.90. The Morgan fingerprint density at radius 1 is 0.933 bits per heavy atom. The molecule has 3 heterocycles. The van der Waals surface area contributed by atoms with Crippen molar-refractivity contribution in [1.29, 1.82) is 0 Å². The summed E-state index contributed by atoms with van der Waals surface area (Å²) in [4.78, 5) is 60.5. The van der Waals surface area contributed by atoms with Gasteiger partial charge >= 0.3 is 0 Å². The number of sulfonamides is 1. The third-order valence-corrected chi connectivity index (χ3v) is 14.4. The van der Waals surface area contributed by atoms with Gasteiger partial charge in [-0.05, 0) is 99.4 Å². The van der Waals surface area contributed by atoms with E-state index in [1.807, 2.05) is 29.2 Å². The van der Waals surface area contributed by atoms with E-state index < -0.39 is 27.6 Å². The molecule has 7 N–H and O–H groups in total. The number of hydrogen-bond donors (Lipinski definition) is 6. The van der Waals surface area contributed by atoms with Gasteiger partial charge in [0.15, 0.2) is 5.82 Å². The first-order valence-electron chi connectivity index (χ1n) is 23.4. The van der Waals surface area contributed by atoms with Gasteiger partial charge in [-0.15, -0.1) is 0 Å². The molecule has 7 aromatic rings. The highest BCUT2D eigenvalue weighted by Crippen LogP contribution is 2.42. The molecule has 0 atom stereocenters. The summed E-state index contributed by atoms with van der Waals surface area (Å²) in [5, 5.41) is 21.4. The van der Waals surface area contributed by atoms with Crippen molar-refractivity contribution in [2.45, 2.75) is 17.7 Å². The standard InChI is InChI=1S/C51H50BrClF2N12O7S/c1-3-41(69)66-20-22-67(23-21-66)49-36-28-38(53)43(35-27-32(68)26-30-8-4-5-9-34(30)35)45(55)46(36)62-50(64-49)57-17-16-42(70)65(2)19-7-24-74-25-18-59-75(72,73)33-14-12-31(13-15-33)60-51-58-29-37(52)48(63-51)61-40-11-6-10-39(54)44(40)47(56)71/h3-6,8-15,26-29,59,68H,1,7,16-25H2,2H3,(H2,56,71)(H,57,62,64)(H2,58,60,61,63). The Hall–Kier alpha value is -7.57. The van der Waals surface area contributed by atoms with E-state index in [1.54, 1.807) is 29.0 Å². The predicted molar refractivity (Wildman–Crippen MR) is 287 cm³/mol. The maximum atomic E-state index is 17.0. The lowest BCUT2D eigenvalue weighted by atomic mass is 9.96. The fourth-order valence-corrected chi connectivity index (χ4v) is 9.92. The number of piperazine rings is 1. The minimum absolute atomic E-state index is 0.00108. The van der Waals surface area contributed by atoms with Crippen LogP contribution in [0, 0.1) is 11.6 Å². The highest BCUT2D eigenvalue weighted by Gasteiger charge is 2.27. The molecule has 24 heteroatoms. The number of ether oxygens (including phenoxy) is 1. The quantitative estimate of drug-likeness (QED) is 0.0298. The molecule has 1 fully saturated rings. The van der Waals surface area contributed by atoms with Crippen LogP contribution < -0.4 is 31.3 Å². The van der Waals surface area contributed by atoms with E-state index in [-0.39, 0.29) is 100 Å². The van der Waals surface area contributed by atoms with Crippen LogP contribution in [0.4, 0.5) is 43.7 Å². The molecule has 0 unspecified atom stereocenters. The van der Waals surface area contributed by atoms with Gasteiger partial charge in [0, 0.05) is 88.7 Å². The molecule has 1 aliphatic heterocycles. The number of aromatic hydroxyl groups is 1. The number of carbonyl (C=O) groups is 3. The zero-order valence-electron chi connectivity index (χ0n) is 40.2. The number of primary amides is 1. The first kappa shape index (κ1) is 53.7. The average Bonchev–Trinajstić information content (AvgIpc) is 3.39. The van der Waals surface area contributed by atoms with Gasteiger partial charge in [-0.1, -0.05) is 48.5 Å². The molecule has 2 aromatic heterocycles. The Kier molecular flexibility index (Phi) is 17.0. The van der Waals surface area contributed by atoms with Gasteiger partial charge in [0.1, 0.15) is 28.7 Å². The van der Waals surface area contributed by atoms with Gasteiger partial charge in [0.2, 0.25) is 33.7 Å². The van der Waals surface area contributed by atoms with E-state index in [0.29, 0.717) is 76.8 Å². The number of nitrogens with zero attached hydrogens (tertiary/aromatic N) is 7. The Balaban J connectivity index is 0.815. The van der Waals surface area contributed by atoms with Gasteiger partial charge in [-0.25, -0.2) is 31.9 Å². The number of halogens is 4. The second-order valence-electron chi connectivity index (χ2n) is 17.1. The van der Waals surface area contributed by atoms with E-state index in [4.69, 9.17) is 27.1 Å². The third-order valence-electron chi connectivity index (χ3n) is 12.1. The van der Waals surface area contributed by atoms with E-state index in [0.717, 1.165) is 6.07 Å². The van der Waals surface area contributed by atoms with Gasteiger partial charge in [0.05, 0.1) is 32.2 Å². The Bertz CT molecular complexity index is 3430. The van der Waals surface area contributed by atoms with Crippen molar-refractivity contribution < 1.29 is 41.4 Å². The van der Waals surface area contributed by atoms with Crippen molar-refractivity contribution in [3.63, 3.8) is 0 Å². The van der Waals surface area contributed by atoms with Crippen LogP contribution in [0.5, 0.6) is 5.75 Å². The normalized spacial score (nSPS) is 12.7. The molecule has 390 valence electrons. The van der Waals surface area contributed by atoms with Crippen molar-refractivity contribution in [1.82, 2.24) is 34.5 Å². The monoisotopic (exact) mass is 1130 g/mol. The highest BCUT2D eigenvalue weighted by atomic mass is 79.9. The lowest BCUT2D eigenvalue weighted by molar-refractivity contribution is -0.129. The minimum Gasteiger partial charge on any atom is -0.508 e. The fourth-order valence-electron chi connectivity index (χ4n) is 8.32. The Morgan fingerprint density at radius 3 is 2.44 bits per heavy atom. The molecule has 5 aromatic carbocycles. The SMILES string of the molecule is C=CC(=O)N1CCN(c2nc(NCCC(=O)N(C)CCCOCCNS(=O)(=O)c3ccc(Nc4ncc(Br)c(Nc5cccc(F)c5C(N)=O)n4)cc3)nc3c(F)c(-c4cc(O)cc5ccccc45)c(Cl)cc23)CC1. The van der Waals surface area contributed by atoms with E-state index >= 15 is 4.39 Å². The number of carbonyl (C=O) groups excluding carboxylic acids is 3. The third kappa shape index (κ3) is 12.7. The maximum absolute atomic E-state index is 17.0. The van der Waals surface area contributed by atoms with Crippen molar-refractivity contribution in [2.24, 2.45) is 5.73 Å². The number of hydrogen-bond acceptors (Lipinski definition) is 15. The Labute approximate surface area is 443 Å². The van der Waals surface area contributed by atoms with Crippen molar-refractivity contribution >= 4 is 112 Å². The smallest absolute Gasteiger partial charge is 0.253 e. The van der Waals surface area contributed by atoms with Crippen LogP contribution in [0.3, 0.4) is 0 Å². The van der Waals surface area contributed by atoms with Crippen molar-refractivity contribution in [2.75, 3.05) is 86.9 Å². The molecule has 0 spiro atoms. The summed E-state index contributed by atoms with van der Waals surface area (Å²) in [5.41, 5.74) is 6.02. The van der Waals surface area contributed by atoms with Crippen LogP contribution in [0.25, 0.3) is 32.8 Å². The number of aromatic nitrogens is 4. The number of rotatable bonds is 21.